The minimum atomic E-state index is -3.63. The van der Waals surface area contributed by atoms with Crippen molar-refractivity contribution in [2.75, 3.05) is 104 Å². The number of sulfone groups is 1. The van der Waals surface area contributed by atoms with E-state index in [1.807, 2.05) is 55.4 Å². The molecule has 3 saturated heterocycles. The number of unbranched alkanes of at least 4 members (excludes halogenated alkanes) is 2. The average Bonchev–Trinajstić information content (AvgIpc) is 3.16. The Morgan fingerprint density at radius 2 is 1.48 bits per heavy atom. The molecule has 4 aliphatic heterocycles. The zero-order chi connectivity index (χ0) is 34.2. The van der Waals surface area contributed by atoms with Crippen molar-refractivity contribution in [3.63, 3.8) is 0 Å². The number of fused-ring (bicyclic) bond motifs is 4. The number of hydrogen-bond donors (Lipinski definition) is 1. The summed E-state index contributed by atoms with van der Waals surface area (Å²) in [7, 11) is 0.270. The van der Waals surface area contributed by atoms with Gasteiger partial charge in [0.25, 0.3) is 0 Å². The minimum absolute atomic E-state index is 0.0307. The molecule has 2 atom stereocenters. The van der Waals surface area contributed by atoms with Gasteiger partial charge in [0, 0.05) is 50.7 Å². The Labute approximate surface area is 289 Å². The second kappa shape index (κ2) is 16.7. The van der Waals surface area contributed by atoms with Crippen molar-refractivity contribution in [2.45, 2.75) is 69.3 Å². The van der Waals surface area contributed by atoms with Gasteiger partial charge in [-0.1, -0.05) is 51.7 Å². The molecule has 0 saturated carbocycles. The Morgan fingerprint density at radius 3 is 2.08 bits per heavy atom. The van der Waals surface area contributed by atoms with Crippen LogP contribution in [-0.2, 0) is 19.3 Å². The lowest BCUT2D eigenvalue weighted by atomic mass is 9.68. The van der Waals surface area contributed by atoms with Gasteiger partial charge < -0.3 is 28.7 Å². The second-order valence-electron chi connectivity index (χ2n) is 14.6. The maximum atomic E-state index is 14.1. The molecule has 0 aliphatic carbocycles. The Hall–Kier alpha value is -2.21. The number of piperazine rings is 3. The van der Waals surface area contributed by atoms with Gasteiger partial charge in [-0.05, 0) is 54.3 Å². The third-order valence-corrected chi connectivity index (χ3v) is 13.1. The van der Waals surface area contributed by atoms with Crippen molar-refractivity contribution in [3.8, 4) is 5.75 Å². The molecule has 0 aromatic heterocycles. The van der Waals surface area contributed by atoms with Gasteiger partial charge in [-0.15, -0.1) is 0 Å². The number of rotatable bonds is 18. The molecule has 2 aromatic carbocycles. The van der Waals surface area contributed by atoms with Crippen molar-refractivity contribution in [3.05, 3.63) is 53.6 Å². The lowest BCUT2D eigenvalue weighted by Gasteiger charge is -2.50. The predicted molar refractivity (Wildman–Crippen MR) is 192 cm³/mol. The van der Waals surface area contributed by atoms with E-state index in [0.717, 1.165) is 55.8 Å². The largest absolute Gasteiger partial charge is 0.491 e. The van der Waals surface area contributed by atoms with Gasteiger partial charge in [0.2, 0.25) is 0 Å². The highest BCUT2D eigenvalue weighted by Gasteiger charge is 2.49. The number of hydrogen-bond acceptors (Lipinski definition) is 8. The van der Waals surface area contributed by atoms with Gasteiger partial charge in [-0.3, -0.25) is 4.90 Å². The summed E-state index contributed by atoms with van der Waals surface area (Å²) in [4.78, 5) is 4.88. The van der Waals surface area contributed by atoms with Crippen LogP contribution in [0.4, 0.5) is 5.69 Å². The van der Waals surface area contributed by atoms with Gasteiger partial charge in [0.1, 0.15) is 18.9 Å². The van der Waals surface area contributed by atoms with Crippen LogP contribution in [0.3, 0.4) is 0 Å². The van der Waals surface area contributed by atoms with E-state index in [4.69, 9.17) is 14.2 Å². The molecular formula is C38H60N3O6S+. The smallest absolute Gasteiger partial charge is 0.179 e. The molecule has 0 radical (unpaired) electrons. The molecule has 4 aliphatic rings. The van der Waals surface area contributed by atoms with Crippen molar-refractivity contribution in [1.82, 2.24) is 4.90 Å². The van der Waals surface area contributed by atoms with Crippen LogP contribution < -0.4 is 9.64 Å². The fourth-order valence-corrected chi connectivity index (χ4v) is 10.2. The van der Waals surface area contributed by atoms with E-state index in [2.05, 4.69) is 18.7 Å². The summed E-state index contributed by atoms with van der Waals surface area (Å²) in [6.07, 6.45) is 4.17. The van der Waals surface area contributed by atoms with Gasteiger partial charge in [0.05, 0.1) is 62.8 Å². The van der Waals surface area contributed by atoms with Crippen LogP contribution in [-0.4, -0.2) is 128 Å². The van der Waals surface area contributed by atoms with E-state index >= 15 is 0 Å². The Balaban J connectivity index is 1.21. The molecule has 0 spiro atoms. The third kappa shape index (κ3) is 8.74. The molecule has 10 heteroatoms. The van der Waals surface area contributed by atoms with E-state index in [1.165, 1.54) is 43.8 Å². The van der Waals surface area contributed by atoms with Crippen LogP contribution in [0.1, 0.15) is 69.4 Å². The van der Waals surface area contributed by atoms with Crippen LogP contribution in [0.2, 0.25) is 0 Å². The molecule has 48 heavy (non-hydrogen) atoms. The van der Waals surface area contributed by atoms with Crippen LogP contribution in [0.25, 0.3) is 0 Å². The average molecular weight is 687 g/mol. The predicted octanol–water partition coefficient (Wildman–Crippen LogP) is 4.96. The molecule has 2 bridgehead atoms. The first-order valence-corrected chi connectivity index (χ1v) is 19.9. The summed E-state index contributed by atoms with van der Waals surface area (Å²) in [6.45, 7) is 15.6. The standard InChI is InChI=1S/C38H60N3O6S/c1-5-7-15-38(16-8-6-2)30-48(43,44)35-14-11-32(39(3)4)29-34(35)36(37(38)42)31-9-12-33(13-10-31)47-28-27-46-26-25-45-24-23-41-20-17-40(18-21-41)19-22-41/h9-14,29,36-37,42H,5-8,15-28,30H2,1-4H3/q+1/t36-,37-/m1/s1. The summed E-state index contributed by atoms with van der Waals surface area (Å²) >= 11 is 0. The summed E-state index contributed by atoms with van der Waals surface area (Å²) < 4.78 is 47.0. The zero-order valence-electron chi connectivity index (χ0n) is 29.9. The van der Waals surface area contributed by atoms with Crippen LogP contribution >= 0.6 is 0 Å². The number of ether oxygens (including phenoxy) is 3. The van der Waals surface area contributed by atoms with Gasteiger partial charge in [-0.25, -0.2) is 8.42 Å². The van der Waals surface area contributed by atoms with Crippen LogP contribution in [0.5, 0.6) is 5.75 Å². The molecule has 268 valence electrons. The zero-order valence-corrected chi connectivity index (χ0v) is 30.7. The highest BCUT2D eigenvalue weighted by molar-refractivity contribution is 7.91. The lowest BCUT2D eigenvalue weighted by Crippen LogP contribution is -2.67. The maximum absolute atomic E-state index is 14.1. The van der Waals surface area contributed by atoms with Crippen molar-refractivity contribution in [2.24, 2.45) is 5.41 Å². The normalized spacial score (nSPS) is 25.7. The summed E-state index contributed by atoms with van der Waals surface area (Å²) in [5.74, 6) is 0.208. The molecule has 9 nitrogen and oxygen atoms in total. The van der Waals surface area contributed by atoms with E-state index in [0.29, 0.717) is 49.7 Å². The van der Waals surface area contributed by atoms with Crippen molar-refractivity contribution >= 4 is 15.5 Å². The minimum Gasteiger partial charge on any atom is -0.491 e. The molecule has 0 unspecified atom stereocenters. The Morgan fingerprint density at radius 1 is 0.875 bits per heavy atom. The molecule has 0 amide bonds. The number of nitrogens with zero attached hydrogens (tertiary/aromatic N) is 3. The molecule has 4 heterocycles. The highest BCUT2D eigenvalue weighted by Crippen LogP contribution is 2.50. The fraction of sp³-hybridized carbons (Fsp3) is 0.684. The molecular weight excluding hydrogens is 627 g/mol. The topological polar surface area (TPSA) is 88.5 Å². The Kier molecular flexibility index (Phi) is 12.9. The summed E-state index contributed by atoms with van der Waals surface area (Å²) in [5.41, 5.74) is 1.76. The first-order chi connectivity index (χ1) is 23.1. The number of benzene rings is 2. The fourth-order valence-electron chi connectivity index (χ4n) is 8.03. The van der Waals surface area contributed by atoms with E-state index in [9.17, 15) is 13.5 Å². The molecule has 6 rings (SSSR count). The van der Waals surface area contributed by atoms with E-state index in [-0.39, 0.29) is 5.75 Å². The van der Waals surface area contributed by atoms with E-state index in [1.54, 1.807) is 6.07 Å². The molecule has 2 aromatic rings. The molecule has 3 fully saturated rings. The van der Waals surface area contributed by atoms with Crippen molar-refractivity contribution < 1.29 is 32.2 Å². The van der Waals surface area contributed by atoms with E-state index < -0.39 is 27.3 Å². The number of anilines is 1. The van der Waals surface area contributed by atoms with Gasteiger partial charge in [-0.2, -0.15) is 0 Å². The first-order valence-electron chi connectivity index (χ1n) is 18.3. The first kappa shape index (κ1) is 37.1. The number of quaternary nitrogens is 1. The second-order valence-corrected chi connectivity index (χ2v) is 16.5. The Bertz CT molecular complexity index is 1390. The van der Waals surface area contributed by atoms with Crippen LogP contribution in [0.15, 0.2) is 47.4 Å². The quantitative estimate of drug-likeness (QED) is 0.174. The van der Waals surface area contributed by atoms with Crippen molar-refractivity contribution in [1.29, 1.82) is 0 Å². The lowest BCUT2D eigenvalue weighted by molar-refractivity contribution is -0.941. The number of aliphatic hydroxyl groups excluding tert-OH is 1. The number of aliphatic hydroxyl groups is 1. The monoisotopic (exact) mass is 686 g/mol. The SMILES string of the molecule is CCCCC1(CCCC)CS(=O)(=O)c2ccc(N(C)C)cc2[C@@H](c2ccc(OCCOCCOCC[N+]34CCN(CC3)CC4)cc2)[C@H]1O. The summed E-state index contributed by atoms with van der Waals surface area (Å²) in [6, 6.07) is 13.4. The van der Waals surface area contributed by atoms with Gasteiger partial charge >= 0.3 is 0 Å². The third-order valence-electron chi connectivity index (χ3n) is 11.1. The molecule has 1 N–H and O–H groups in total. The van der Waals surface area contributed by atoms with Gasteiger partial charge in [0.15, 0.2) is 9.84 Å². The maximum Gasteiger partial charge on any atom is 0.179 e. The highest BCUT2D eigenvalue weighted by atomic mass is 32.2. The summed E-state index contributed by atoms with van der Waals surface area (Å²) in [5, 5.41) is 12.4. The van der Waals surface area contributed by atoms with Crippen LogP contribution in [0, 0.1) is 5.41 Å².